The van der Waals surface area contributed by atoms with Gasteiger partial charge in [-0.2, -0.15) is 4.31 Å². The number of sulfonamides is 1. The van der Waals surface area contributed by atoms with Gasteiger partial charge in [0.2, 0.25) is 10.0 Å². The van der Waals surface area contributed by atoms with Gasteiger partial charge < -0.3 is 9.26 Å². The number of nitrogens with zero attached hydrogens (tertiary/aromatic N) is 3. The zero-order valence-corrected chi connectivity index (χ0v) is 16.3. The number of aryl methyl sites for hydroxylation is 2. The van der Waals surface area contributed by atoms with Crippen molar-refractivity contribution in [1.82, 2.24) is 14.4 Å². The Morgan fingerprint density at radius 3 is 2.31 bits per heavy atom. The molecular weight excluding hydrogens is 354 g/mol. The molecule has 0 bridgehead atoms. The van der Waals surface area contributed by atoms with Crippen LogP contribution >= 0.6 is 0 Å². The molecule has 26 heavy (non-hydrogen) atoms. The molecule has 1 saturated heterocycles. The molecule has 0 atom stereocenters. The van der Waals surface area contributed by atoms with Crippen molar-refractivity contribution >= 4 is 10.0 Å². The number of hydrogen-bond donors (Lipinski definition) is 0. The van der Waals surface area contributed by atoms with Crippen LogP contribution in [0, 0.1) is 13.8 Å². The van der Waals surface area contributed by atoms with Crippen LogP contribution in [-0.4, -0.2) is 55.6 Å². The largest absolute Gasteiger partial charge is 0.494 e. The van der Waals surface area contributed by atoms with E-state index in [1.807, 2.05) is 19.1 Å². The molecule has 1 fully saturated rings. The second-order valence-electron chi connectivity index (χ2n) is 6.41. The molecule has 0 saturated carbocycles. The summed E-state index contributed by atoms with van der Waals surface area (Å²) < 4.78 is 37.7. The normalized spacial score (nSPS) is 16.7. The lowest BCUT2D eigenvalue weighted by atomic mass is 10.2. The minimum atomic E-state index is -3.55. The van der Waals surface area contributed by atoms with Gasteiger partial charge in [-0.1, -0.05) is 17.3 Å². The van der Waals surface area contributed by atoms with Gasteiger partial charge >= 0.3 is 0 Å². The fraction of sp³-hybridized carbons (Fsp3) is 0.500. The Bertz CT molecular complexity index is 818. The maximum atomic E-state index is 12.8. The van der Waals surface area contributed by atoms with Crippen LogP contribution in [0.15, 0.2) is 33.7 Å². The van der Waals surface area contributed by atoms with Crippen LogP contribution in [0.5, 0.6) is 5.75 Å². The van der Waals surface area contributed by atoms with Gasteiger partial charge in [-0.15, -0.1) is 0 Å². The van der Waals surface area contributed by atoms with E-state index in [0.29, 0.717) is 44.2 Å². The standard InChI is InChI=1S/C18H25N3O4S/c1-4-24-17-7-5-16(6-8-17)13-20-9-11-21(12-10-20)26(22,23)18-14(2)19-25-15(18)3/h5-8H,4,9-13H2,1-3H3. The summed E-state index contributed by atoms with van der Waals surface area (Å²) in [6.45, 7) is 9.01. The second-order valence-corrected chi connectivity index (χ2v) is 8.29. The highest BCUT2D eigenvalue weighted by Crippen LogP contribution is 2.24. The van der Waals surface area contributed by atoms with Crippen molar-refractivity contribution in [1.29, 1.82) is 0 Å². The van der Waals surface area contributed by atoms with E-state index in [2.05, 4.69) is 22.2 Å². The van der Waals surface area contributed by atoms with Crippen LogP contribution in [0.2, 0.25) is 0 Å². The van der Waals surface area contributed by atoms with Crippen molar-refractivity contribution in [2.24, 2.45) is 0 Å². The Kier molecular flexibility index (Phi) is 5.64. The molecule has 2 heterocycles. The Morgan fingerprint density at radius 1 is 1.12 bits per heavy atom. The Morgan fingerprint density at radius 2 is 1.77 bits per heavy atom. The van der Waals surface area contributed by atoms with Gasteiger partial charge in [0.1, 0.15) is 16.3 Å². The van der Waals surface area contributed by atoms with Gasteiger partial charge in [0, 0.05) is 32.7 Å². The van der Waals surface area contributed by atoms with E-state index in [4.69, 9.17) is 9.26 Å². The minimum Gasteiger partial charge on any atom is -0.494 e. The SMILES string of the molecule is CCOc1ccc(CN2CCN(S(=O)(=O)c3c(C)noc3C)CC2)cc1. The molecule has 142 valence electrons. The summed E-state index contributed by atoms with van der Waals surface area (Å²) in [4.78, 5) is 2.46. The molecule has 0 unspecified atom stereocenters. The minimum absolute atomic E-state index is 0.206. The predicted molar refractivity (Wildman–Crippen MR) is 97.6 cm³/mol. The molecule has 0 aliphatic carbocycles. The van der Waals surface area contributed by atoms with Crippen LogP contribution < -0.4 is 4.74 Å². The van der Waals surface area contributed by atoms with Crippen molar-refractivity contribution in [3.63, 3.8) is 0 Å². The molecule has 0 radical (unpaired) electrons. The van der Waals surface area contributed by atoms with Crippen molar-refractivity contribution in [3.8, 4) is 5.75 Å². The predicted octanol–water partition coefficient (Wildman–Crippen LogP) is 2.20. The Hall–Kier alpha value is -1.90. The summed E-state index contributed by atoms with van der Waals surface area (Å²) in [5, 5.41) is 3.77. The molecule has 1 aliphatic heterocycles. The first kappa shape index (κ1) is 18.9. The second kappa shape index (κ2) is 7.77. The fourth-order valence-electron chi connectivity index (χ4n) is 3.22. The Balaban J connectivity index is 1.60. The van der Waals surface area contributed by atoms with Gasteiger partial charge in [0.25, 0.3) is 0 Å². The third-order valence-electron chi connectivity index (χ3n) is 4.54. The fourth-order valence-corrected chi connectivity index (χ4v) is 4.93. The summed E-state index contributed by atoms with van der Waals surface area (Å²) in [5.74, 6) is 1.21. The molecule has 8 heteroatoms. The molecule has 7 nitrogen and oxygen atoms in total. The average Bonchev–Trinajstić information content (AvgIpc) is 2.96. The van der Waals surface area contributed by atoms with Crippen molar-refractivity contribution < 1.29 is 17.7 Å². The van der Waals surface area contributed by atoms with E-state index >= 15 is 0 Å². The third-order valence-corrected chi connectivity index (χ3v) is 6.68. The molecule has 0 amide bonds. The first-order chi connectivity index (χ1) is 12.4. The van der Waals surface area contributed by atoms with Gasteiger partial charge in [-0.25, -0.2) is 8.42 Å². The van der Waals surface area contributed by atoms with Crippen molar-refractivity contribution in [2.45, 2.75) is 32.2 Å². The zero-order chi connectivity index (χ0) is 18.7. The lowest BCUT2D eigenvalue weighted by molar-refractivity contribution is 0.181. The van der Waals surface area contributed by atoms with E-state index in [1.165, 1.54) is 9.87 Å². The number of ether oxygens (including phenoxy) is 1. The maximum Gasteiger partial charge on any atom is 0.248 e. The van der Waals surface area contributed by atoms with Crippen LogP contribution in [0.3, 0.4) is 0 Å². The summed E-state index contributed by atoms with van der Waals surface area (Å²) >= 11 is 0. The maximum absolute atomic E-state index is 12.8. The molecule has 1 aliphatic rings. The van der Waals surface area contributed by atoms with E-state index in [-0.39, 0.29) is 4.90 Å². The molecule has 3 rings (SSSR count). The van der Waals surface area contributed by atoms with Crippen LogP contribution in [0.25, 0.3) is 0 Å². The topological polar surface area (TPSA) is 75.9 Å². The molecule has 1 aromatic heterocycles. The number of rotatable bonds is 6. The Labute approximate surface area is 154 Å². The van der Waals surface area contributed by atoms with Crippen LogP contribution in [0.4, 0.5) is 0 Å². The quantitative estimate of drug-likeness (QED) is 0.766. The van der Waals surface area contributed by atoms with Crippen LogP contribution in [0.1, 0.15) is 23.9 Å². The summed E-state index contributed by atoms with van der Waals surface area (Å²) in [6, 6.07) is 8.05. The highest BCUT2D eigenvalue weighted by Gasteiger charge is 2.33. The number of benzene rings is 1. The van der Waals surface area contributed by atoms with Gasteiger partial charge in [-0.05, 0) is 38.5 Å². The molecule has 0 N–H and O–H groups in total. The van der Waals surface area contributed by atoms with Crippen molar-refractivity contribution in [3.05, 3.63) is 41.3 Å². The molecular formula is C18H25N3O4S. The summed E-state index contributed by atoms with van der Waals surface area (Å²) in [6.07, 6.45) is 0. The number of hydrogen-bond acceptors (Lipinski definition) is 6. The van der Waals surface area contributed by atoms with E-state index in [9.17, 15) is 8.42 Å². The first-order valence-electron chi connectivity index (χ1n) is 8.79. The van der Waals surface area contributed by atoms with Gasteiger partial charge in [0.15, 0.2) is 5.76 Å². The van der Waals surface area contributed by atoms with E-state index in [1.54, 1.807) is 13.8 Å². The average molecular weight is 379 g/mol. The molecule has 1 aromatic carbocycles. The number of piperazine rings is 1. The van der Waals surface area contributed by atoms with E-state index < -0.39 is 10.0 Å². The van der Waals surface area contributed by atoms with Crippen LogP contribution in [-0.2, 0) is 16.6 Å². The van der Waals surface area contributed by atoms with Gasteiger partial charge in [0.05, 0.1) is 6.61 Å². The summed E-state index contributed by atoms with van der Waals surface area (Å²) in [7, 11) is -3.55. The monoisotopic (exact) mass is 379 g/mol. The lowest BCUT2D eigenvalue weighted by Crippen LogP contribution is -2.48. The summed E-state index contributed by atoms with van der Waals surface area (Å²) in [5.41, 5.74) is 1.61. The van der Waals surface area contributed by atoms with Crippen molar-refractivity contribution in [2.75, 3.05) is 32.8 Å². The number of aromatic nitrogens is 1. The highest BCUT2D eigenvalue weighted by molar-refractivity contribution is 7.89. The van der Waals surface area contributed by atoms with Gasteiger partial charge in [-0.3, -0.25) is 4.90 Å². The molecule has 0 spiro atoms. The third kappa shape index (κ3) is 3.92. The first-order valence-corrected chi connectivity index (χ1v) is 10.2. The highest BCUT2D eigenvalue weighted by atomic mass is 32.2. The zero-order valence-electron chi connectivity index (χ0n) is 15.4. The van der Waals surface area contributed by atoms with E-state index in [0.717, 1.165) is 12.3 Å². The lowest BCUT2D eigenvalue weighted by Gasteiger charge is -2.33. The smallest absolute Gasteiger partial charge is 0.248 e. The molecule has 2 aromatic rings.